The van der Waals surface area contributed by atoms with Crippen molar-refractivity contribution in [2.75, 3.05) is 11.1 Å². The zero-order chi connectivity index (χ0) is 18.7. The number of carbonyl (C=O) groups is 1. The smallest absolute Gasteiger partial charge is 0.234 e. The van der Waals surface area contributed by atoms with Crippen LogP contribution in [0, 0.1) is 12.7 Å². The third kappa shape index (κ3) is 4.08. The molecular weight excluding hydrogens is 375 g/mol. The third-order valence-corrected chi connectivity index (χ3v) is 5.29. The quantitative estimate of drug-likeness (QED) is 0.674. The number of pyridine rings is 1. The molecule has 0 fully saturated rings. The predicted octanol–water partition coefficient (Wildman–Crippen LogP) is 4.50. The van der Waals surface area contributed by atoms with Crippen molar-refractivity contribution in [3.63, 3.8) is 0 Å². The lowest BCUT2D eigenvalue weighted by atomic mass is 10.2. The van der Waals surface area contributed by atoms with Gasteiger partial charge in [-0.25, -0.2) is 4.39 Å². The number of fused-ring (bicyclic) bond motifs is 1. The van der Waals surface area contributed by atoms with Gasteiger partial charge in [-0.2, -0.15) is 0 Å². The number of halogens is 2. The monoisotopic (exact) mass is 390 g/mol. The fraction of sp³-hybridized carbons (Fsp3) is 0.158. The number of aromatic amines is 1. The number of thioether (sulfide) groups is 1. The Bertz CT molecular complexity index is 1040. The first-order valence-electron chi connectivity index (χ1n) is 7.89. The van der Waals surface area contributed by atoms with Gasteiger partial charge in [0.05, 0.1) is 11.3 Å². The zero-order valence-corrected chi connectivity index (χ0v) is 15.5. The SMILES string of the molecule is Cc1c(Cl)cccc1NC(=O)CSCc1cc(=O)c2cccc(F)c2[nH]1. The molecule has 0 bridgehead atoms. The van der Waals surface area contributed by atoms with Crippen molar-refractivity contribution in [2.24, 2.45) is 0 Å². The number of para-hydroxylation sites is 1. The summed E-state index contributed by atoms with van der Waals surface area (Å²) in [5.41, 5.74) is 2.00. The van der Waals surface area contributed by atoms with E-state index in [-0.39, 0.29) is 22.6 Å². The number of H-pyrrole nitrogens is 1. The van der Waals surface area contributed by atoms with E-state index < -0.39 is 5.82 Å². The second-order valence-corrected chi connectivity index (χ2v) is 7.17. The van der Waals surface area contributed by atoms with Crippen molar-refractivity contribution in [3.05, 3.63) is 74.8 Å². The van der Waals surface area contributed by atoms with Gasteiger partial charge in [-0.15, -0.1) is 11.8 Å². The van der Waals surface area contributed by atoms with Crippen molar-refractivity contribution < 1.29 is 9.18 Å². The number of hydrogen-bond donors (Lipinski definition) is 2. The van der Waals surface area contributed by atoms with Crippen LogP contribution in [0.5, 0.6) is 0 Å². The summed E-state index contributed by atoms with van der Waals surface area (Å²) >= 11 is 7.37. The highest BCUT2D eigenvalue weighted by atomic mass is 35.5. The molecule has 26 heavy (non-hydrogen) atoms. The Morgan fingerprint density at radius 3 is 2.85 bits per heavy atom. The highest BCUT2D eigenvalue weighted by Crippen LogP contribution is 2.23. The van der Waals surface area contributed by atoms with Crippen LogP contribution >= 0.6 is 23.4 Å². The molecule has 4 nitrogen and oxygen atoms in total. The normalized spacial score (nSPS) is 10.9. The molecule has 0 aliphatic carbocycles. The minimum Gasteiger partial charge on any atom is -0.355 e. The summed E-state index contributed by atoms with van der Waals surface area (Å²) in [5.74, 6) is -0.0552. The molecule has 3 aromatic rings. The van der Waals surface area contributed by atoms with E-state index in [4.69, 9.17) is 11.6 Å². The lowest BCUT2D eigenvalue weighted by Gasteiger charge is -2.09. The zero-order valence-electron chi connectivity index (χ0n) is 13.9. The fourth-order valence-electron chi connectivity index (χ4n) is 2.55. The number of hydrogen-bond acceptors (Lipinski definition) is 3. The highest BCUT2D eigenvalue weighted by Gasteiger charge is 2.09. The van der Waals surface area contributed by atoms with Gasteiger partial charge in [0.2, 0.25) is 5.91 Å². The van der Waals surface area contributed by atoms with Crippen LogP contribution < -0.4 is 10.7 Å². The van der Waals surface area contributed by atoms with Crippen molar-refractivity contribution >= 4 is 45.9 Å². The lowest BCUT2D eigenvalue weighted by molar-refractivity contribution is -0.113. The molecule has 1 aromatic heterocycles. The van der Waals surface area contributed by atoms with Crippen molar-refractivity contribution in [2.45, 2.75) is 12.7 Å². The van der Waals surface area contributed by atoms with E-state index >= 15 is 0 Å². The van der Waals surface area contributed by atoms with Gasteiger partial charge in [-0.05, 0) is 36.8 Å². The van der Waals surface area contributed by atoms with Crippen LogP contribution in [0.4, 0.5) is 10.1 Å². The van der Waals surface area contributed by atoms with Gasteiger partial charge in [0.1, 0.15) is 5.82 Å². The predicted molar refractivity (Wildman–Crippen MR) is 106 cm³/mol. The summed E-state index contributed by atoms with van der Waals surface area (Å²) in [6.07, 6.45) is 0. The van der Waals surface area contributed by atoms with Gasteiger partial charge < -0.3 is 10.3 Å². The average molecular weight is 391 g/mol. The number of rotatable bonds is 5. The molecule has 7 heteroatoms. The number of nitrogens with one attached hydrogen (secondary N) is 2. The van der Waals surface area contributed by atoms with E-state index in [1.165, 1.54) is 30.0 Å². The Balaban J connectivity index is 1.64. The number of carbonyl (C=O) groups excluding carboxylic acids is 1. The van der Waals surface area contributed by atoms with Gasteiger partial charge in [0, 0.05) is 33.6 Å². The van der Waals surface area contributed by atoms with Gasteiger partial charge in [0.15, 0.2) is 5.43 Å². The molecule has 3 rings (SSSR count). The molecule has 1 heterocycles. The summed E-state index contributed by atoms with van der Waals surface area (Å²) in [4.78, 5) is 27.1. The second kappa shape index (κ2) is 7.93. The molecular formula is C19H16ClFN2O2S. The Morgan fingerprint density at radius 1 is 1.27 bits per heavy atom. The molecule has 0 aliphatic heterocycles. The van der Waals surface area contributed by atoms with Crippen LogP contribution in [-0.4, -0.2) is 16.6 Å². The van der Waals surface area contributed by atoms with Crippen molar-refractivity contribution in [1.29, 1.82) is 0 Å². The van der Waals surface area contributed by atoms with Crippen LogP contribution in [0.2, 0.25) is 5.02 Å². The van der Waals surface area contributed by atoms with Crippen LogP contribution in [-0.2, 0) is 10.5 Å². The summed E-state index contributed by atoms with van der Waals surface area (Å²) in [7, 11) is 0. The van der Waals surface area contributed by atoms with Gasteiger partial charge in [-0.3, -0.25) is 9.59 Å². The molecule has 1 amide bonds. The van der Waals surface area contributed by atoms with Crippen molar-refractivity contribution in [3.8, 4) is 0 Å². The maximum Gasteiger partial charge on any atom is 0.234 e. The highest BCUT2D eigenvalue weighted by molar-refractivity contribution is 7.99. The number of benzene rings is 2. The maximum atomic E-state index is 13.9. The average Bonchev–Trinajstić information content (AvgIpc) is 2.60. The van der Waals surface area contributed by atoms with Gasteiger partial charge in [0.25, 0.3) is 0 Å². The van der Waals surface area contributed by atoms with E-state index in [1.807, 2.05) is 6.92 Å². The van der Waals surface area contributed by atoms with Crippen LogP contribution in [0.3, 0.4) is 0 Å². The molecule has 0 radical (unpaired) electrons. The largest absolute Gasteiger partial charge is 0.355 e. The van der Waals surface area contributed by atoms with E-state index in [0.717, 1.165) is 5.56 Å². The standard InChI is InChI=1S/C19H16ClFN2O2S/c1-11-14(20)5-3-7-16(11)23-18(25)10-26-9-12-8-17(24)13-4-2-6-15(21)19(13)22-12/h2-8H,9-10H2,1H3,(H,22,24)(H,23,25). The number of anilines is 1. The van der Waals surface area contributed by atoms with Crippen molar-refractivity contribution in [1.82, 2.24) is 4.98 Å². The summed E-state index contributed by atoms with van der Waals surface area (Å²) in [5, 5.41) is 3.71. The van der Waals surface area contributed by atoms with E-state index in [0.29, 0.717) is 27.5 Å². The maximum absolute atomic E-state index is 13.9. The summed E-state index contributed by atoms with van der Waals surface area (Å²) < 4.78 is 13.9. The Kier molecular flexibility index (Phi) is 5.64. The molecule has 2 aromatic carbocycles. The van der Waals surface area contributed by atoms with E-state index in [9.17, 15) is 14.0 Å². The first-order valence-corrected chi connectivity index (χ1v) is 9.42. The summed E-state index contributed by atoms with van der Waals surface area (Å²) in [6.45, 7) is 1.83. The molecule has 0 saturated heterocycles. The molecule has 0 aliphatic rings. The van der Waals surface area contributed by atoms with Gasteiger partial charge in [-0.1, -0.05) is 23.7 Å². The number of amides is 1. The van der Waals surface area contributed by atoms with Gasteiger partial charge >= 0.3 is 0 Å². The third-order valence-electron chi connectivity index (χ3n) is 3.90. The molecule has 0 unspecified atom stereocenters. The van der Waals surface area contributed by atoms with E-state index in [1.54, 1.807) is 24.3 Å². The first-order chi connectivity index (χ1) is 12.5. The topological polar surface area (TPSA) is 62.0 Å². The molecule has 0 saturated carbocycles. The minimum atomic E-state index is -0.472. The fourth-order valence-corrected chi connectivity index (χ4v) is 3.46. The molecule has 2 N–H and O–H groups in total. The number of aromatic nitrogens is 1. The Labute approximate surface area is 158 Å². The first kappa shape index (κ1) is 18.5. The Hall–Kier alpha value is -2.31. The lowest BCUT2D eigenvalue weighted by Crippen LogP contribution is -2.15. The van der Waals surface area contributed by atoms with Crippen LogP contribution in [0.15, 0.2) is 47.3 Å². The second-order valence-electron chi connectivity index (χ2n) is 5.77. The minimum absolute atomic E-state index is 0.172. The molecule has 0 spiro atoms. The summed E-state index contributed by atoms with van der Waals surface area (Å²) in [6, 6.07) is 11.1. The van der Waals surface area contributed by atoms with Crippen LogP contribution in [0.25, 0.3) is 10.9 Å². The van der Waals surface area contributed by atoms with E-state index in [2.05, 4.69) is 10.3 Å². The van der Waals surface area contributed by atoms with Crippen LogP contribution in [0.1, 0.15) is 11.3 Å². The Morgan fingerprint density at radius 2 is 2.04 bits per heavy atom. The molecule has 134 valence electrons. The molecule has 0 atom stereocenters.